The van der Waals surface area contributed by atoms with E-state index in [0.717, 1.165) is 94.7 Å². The number of hydrogen-bond donors (Lipinski definition) is 0. The fourth-order valence-corrected chi connectivity index (χ4v) is 20.4. The van der Waals surface area contributed by atoms with E-state index in [-0.39, 0.29) is 37.9 Å². The second-order valence-electron chi connectivity index (χ2n) is 36.6. The summed E-state index contributed by atoms with van der Waals surface area (Å²) in [7, 11) is -14.7. The van der Waals surface area contributed by atoms with Crippen molar-refractivity contribution in [3.63, 3.8) is 0 Å². The fraction of sp³-hybridized carbons (Fsp3) is 0.426. The Kier molecular flexibility index (Phi) is 45.5. The molecular weight excluding hydrogens is 1790 g/mol. The Hall–Kier alpha value is -10.1. The molecular formula is C115H152N2O16S4. The van der Waals surface area contributed by atoms with Gasteiger partial charge in [0.05, 0.1) is 33.8 Å². The van der Waals surface area contributed by atoms with Gasteiger partial charge in [0.1, 0.15) is 68.1 Å². The number of ether oxygens (including phenoxy) is 6. The van der Waals surface area contributed by atoms with Gasteiger partial charge in [-0.15, -0.1) is 0 Å². The maximum atomic E-state index is 14.9. The van der Waals surface area contributed by atoms with E-state index in [0.29, 0.717) is 81.5 Å². The van der Waals surface area contributed by atoms with E-state index in [1.54, 1.807) is 87.0 Å². The molecule has 0 atom stereocenters. The minimum Gasteiger partial charge on any atom is -0.497 e. The molecule has 137 heavy (non-hydrogen) atoms. The van der Waals surface area contributed by atoms with E-state index in [4.69, 9.17) is 37.0 Å². The molecule has 0 radical (unpaired) electrons. The van der Waals surface area contributed by atoms with E-state index in [2.05, 4.69) is 149 Å². The molecule has 742 valence electrons. The van der Waals surface area contributed by atoms with Gasteiger partial charge in [-0.05, 0) is 236 Å². The third kappa shape index (κ3) is 33.8. The van der Waals surface area contributed by atoms with Gasteiger partial charge >= 0.3 is 20.2 Å². The predicted molar refractivity (Wildman–Crippen MR) is 557 cm³/mol. The number of aryl methyl sites for hydroxylation is 2. The summed E-state index contributed by atoms with van der Waals surface area (Å²) in [5, 5.41) is 2.76. The standard InChI is InChI=1S/C60H76N2O11S3.C39H40O5S.2C8H18/c1-11-15-39-61(40-16-12-2)72-75(65,66)57-43-53(35-37-55(57)70-51-31-25-48(26-32-51)59(6,7)46-21-19-45(5)20-22-46)74(63,64)54-36-38-56(58(44-54)76(67,68)73-62(41-17-13-3)42-18-14-4)71-52-33-27-49(28-34-52)60(8,9)47-23-29-50(69-10)30-24-47;1-5-6-7-29-8-10-30(11-9-29)28-43-34-16-12-31(13-17-34)39(2,3)32-14-18-35(19-15-32)44-36-22-26-38(27-23-36)45(40,41)37-24-20-33(42-4)21-25-37;2*1-3-5-7-8-6-4-2/h19-38,43-44H,11-18,39-42H2,1-10H3;8-27H,5-7,28H2,1-4H3;2*3-8H2,1-2H3. The van der Waals surface area contributed by atoms with Gasteiger partial charge in [0, 0.05) is 42.4 Å². The average molecular weight is 1950 g/mol. The first-order valence-electron chi connectivity index (χ1n) is 49.4. The lowest BCUT2D eigenvalue weighted by molar-refractivity contribution is -0.0535. The molecule has 18 nitrogen and oxygen atoms in total. The van der Waals surface area contributed by atoms with Crippen molar-refractivity contribution in [2.75, 3.05) is 40.4 Å². The van der Waals surface area contributed by atoms with Crippen molar-refractivity contribution in [2.24, 2.45) is 0 Å². The molecule has 0 unspecified atom stereocenters. The molecule has 0 aliphatic carbocycles. The molecule has 22 heteroatoms. The van der Waals surface area contributed by atoms with E-state index in [1.807, 2.05) is 107 Å². The molecule has 0 N–H and O–H groups in total. The maximum Gasteiger partial charge on any atom is 0.316 e. The van der Waals surface area contributed by atoms with Crippen molar-refractivity contribution >= 4 is 39.9 Å². The van der Waals surface area contributed by atoms with Crippen molar-refractivity contribution in [2.45, 2.75) is 311 Å². The molecule has 0 aromatic heterocycles. The SMILES string of the molecule is CCCCCCCC.CCCCCCCC.CCCCN(CCCC)OS(=O)(=O)c1cc(S(=O)(=O)c2ccc(Oc3ccc(C(C)(C)c4ccc(OC)cc4)cc3)c(S(=O)(=O)ON(CCCC)CCCC)c2)ccc1Oc1ccc(C(C)(C)c2ccc(C)cc2)cc1.CCCCc1ccc(COc2ccc(C(C)(C)c3ccc(Oc4ccc(S(=O)(=O)c5ccc(OC)cc5)cc4)cc3)cc2)cc1. The van der Waals surface area contributed by atoms with Gasteiger partial charge in [-0.2, -0.15) is 35.5 Å². The summed E-state index contributed by atoms with van der Waals surface area (Å²) in [5.74, 6) is 3.65. The zero-order valence-electron chi connectivity index (χ0n) is 84.6. The molecule has 0 saturated heterocycles. The number of benzene rings is 11. The largest absolute Gasteiger partial charge is 0.497 e. The quantitative estimate of drug-likeness (QED) is 0.0256. The first-order chi connectivity index (χ1) is 65.6. The van der Waals surface area contributed by atoms with Crippen molar-refractivity contribution < 1.29 is 70.7 Å². The predicted octanol–water partition coefficient (Wildman–Crippen LogP) is 30.4. The number of nitrogens with zero attached hydrogens (tertiary/aromatic N) is 2. The molecule has 0 bridgehead atoms. The zero-order chi connectivity index (χ0) is 99.7. The van der Waals surface area contributed by atoms with Crippen LogP contribution in [0.4, 0.5) is 0 Å². The Morgan fingerprint density at radius 1 is 0.263 bits per heavy atom. The van der Waals surface area contributed by atoms with Crippen molar-refractivity contribution in [1.29, 1.82) is 0 Å². The molecule has 0 spiro atoms. The summed E-state index contributed by atoms with van der Waals surface area (Å²) in [4.78, 5) is -1.57. The molecule has 11 aromatic rings. The Morgan fingerprint density at radius 2 is 0.518 bits per heavy atom. The van der Waals surface area contributed by atoms with Gasteiger partial charge in [0.15, 0.2) is 0 Å². The first-order valence-corrected chi connectivity index (χ1v) is 55.2. The Morgan fingerprint density at radius 3 is 0.825 bits per heavy atom. The fourth-order valence-electron chi connectivity index (χ4n) is 15.4. The van der Waals surface area contributed by atoms with Crippen LogP contribution in [0, 0.1) is 6.92 Å². The molecule has 11 rings (SSSR count). The molecule has 0 heterocycles. The Bertz CT molecular complexity index is 5840. The summed E-state index contributed by atoms with van der Waals surface area (Å²) in [6, 6.07) is 75.4. The summed E-state index contributed by atoms with van der Waals surface area (Å²) in [5.41, 5.74) is 9.09. The Labute approximate surface area is 822 Å². The summed E-state index contributed by atoms with van der Waals surface area (Å²) >= 11 is 0. The Balaban J connectivity index is 0.000000315. The van der Waals surface area contributed by atoms with Gasteiger partial charge in [0.25, 0.3) is 0 Å². The molecule has 0 aliphatic rings. The van der Waals surface area contributed by atoms with Crippen molar-refractivity contribution in [1.82, 2.24) is 10.1 Å². The minimum atomic E-state index is -4.76. The number of hydrogen-bond acceptors (Lipinski definition) is 18. The number of methoxy groups -OCH3 is 2. The normalized spacial score (nSPS) is 11.9. The van der Waals surface area contributed by atoms with Crippen LogP contribution in [0.3, 0.4) is 0 Å². The second-order valence-corrected chi connectivity index (χ2v) is 43.5. The van der Waals surface area contributed by atoms with Gasteiger partial charge in [-0.3, -0.25) is 0 Å². The highest BCUT2D eigenvalue weighted by Crippen LogP contribution is 2.42. The van der Waals surface area contributed by atoms with E-state index in [1.165, 1.54) is 135 Å². The summed E-state index contributed by atoms with van der Waals surface area (Å²) < 4.78 is 161. The van der Waals surface area contributed by atoms with Crippen LogP contribution >= 0.6 is 0 Å². The molecule has 0 saturated carbocycles. The number of hydroxylamine groups is 4. The van der Waals surface area contributed by atoms with Crippen LogP contribution in [0.25, 0.3) is 0 Å². The topological polar surface area (TPSA) is 217 Å². The monoisotopic (exact) mass is 1950 g/mol. The summed E-state index contributed by atoms with van der Waals surface area (Å²) in [6.07, 6.45) is 26.2. The van der Waals surface area contributed by atoms with Gasteiger partial charge < -0.3 is 28.4 Å². The van der Waals surface area contributed by atoms with E-state index in [9.17, 15) is 33.7 Å². The zero-order valence-corrected chi connectivity index (χ0v) is 87.9. The smallest absolute Gasteiger partial charge is 0.316 e. The maximum absolute atomic E-state index is 14.9. The van der Waals surface area contributed by atoms with Crippen LogP contribution in [0.15, 0.2) is 284 Å². The highest BCUT2D eigenvalue weighted by molar-refractivity contribution is 7.92. The third-order valence-electron chi connectivity index (χ3n) is 24.7. The van der Waals surface area contributed by atoms with Crippen molar-refractivity contribution in [3.8, 4) is 51.7 Å². The van der Waals surface area contributed by atoms with Gasteiger partial charge in [-0.25, -0.2) is 16.8 Å². The molecule has 0 fully saturated rings. The van der Waals surface area contributed by atoms with E-state index >= 15 is 0 Å². The van der Waals surface area contributed by atoms with Gasteiger partial charge in [-0.1, -0.05) is 328 Å². The molecule has 11 aromatic carbocycles. The minimum absolute atomic E-state index is 0.173. The average Bonchev–Trinajstić information content (AvgIpc) is 0.753. The molecule has 0 aliphatic heterocycles. The highest BCUT2D eigenvalue weighted by Gasteiger charge is 2.34. The molecule has 0 amide bonds. The number of sulfone groups is 2. The third-order valence-corrected chi connectivity index (χ3v) is 30.8. The highest BCUT2D eigenvalue weighted by atomic mass is 32.2. The van der Waals surface area contributed by atoms with Crippen LogP contribution in [0.1, 0.15) is 295 Å². The van der Waals surface area contributed by atoms with Crippen LogP contribution in [-0.4, -0.2) is 84.2 Å². The van der Waals surface area contributed by atoms with Crippen molar-refractivity contribution in [3.05, 3.63) is 305 Å². The summed E-state index contributed by atoms with van der Waals surface area (Å²) in [6.45, 7) is 35.8. The number of rotatable bonds is 52. The lowest BCUT2D eigenvalue weighted by Crippen LogP contribution is -2.30. The van der Waals surface area contributed by atoms with Gasteiger partial charge in [0.2, 0.25) is 19.7 Å². The lowest BCUT2D eigenvalue weighted by atomic mass is 9.78. The first kappa shape index (κ1) is 112. The van der Waals surface area contributed by atoms with Crippen LogP contribution < -0.4 is 28.4 Å². The van der Waals surface area contributed by atoms with Crippen LogP contribution in [0.5, 0.6) is 51.7 Å². The number of unbranched alkanes of at least 4 members (excludes halogenated alkanes) is 15. The van der Waals surface area contributed by atoms with Crippen LogP contribution in [-0.2, 0) is 77.8 Å². The lowest BCUT2D eigenvalue weighted by Gasteiger charge is -2.26. The van der Waals surface area contributed by atoms with E-state index < -0.39 is 64.9 Å². The van der Waals surface area contributed by atoms with Crippen LogP contribution in [0.2, 0.25) is 0 Å². The second kappa shape index (κ2) is 55.6.